The van der Waals surface area contributed by atoms with Crippen molar-refractivity contribution in [1.29, 1.82) is 0 Å². The third-order valence-corrected chi connectivity index (χ3v) is 25.4. The van der Waals surface area contributed by atoms with Crippen LogP contribution >= 0.6 is 11.8 Å². The summed E-state index contributed by atoms with van der Waals surface area (Å²) in [7, 11) is 0. The van der Waals surface area contributed by atoms with E-state index >= 15 is 0 Å². The van der Waals surface area contributed by atoms with Crippen molar-refractivity contribution in [2.24, 2.45) is 0 Å². The molecule has 1 aromatic rings. The molecule has 1 aromatic carbocycles. The summed E-state index contributed by atoms with van der Waals surface area (Å²) >= 11 is -0.700. The second kappa shape index (κ2) is 11.6. The molecule has 1 aliphatic heterocycles. The number of hydrogen-bond donors (Lipinski definition) is 0. The first-order valence-corrected chi connectivity index (χ1v) is 19.1. The van der Waals surface area contributed by atoms with E-state index in [0.717, 1.165) is 0 Å². The fourth-order valence-corrected chi connectivity index (χ4v) is 25.7. The van der Waals surface area contributed by atoms with Crippen LogP contribution in [0.2, 0.25) is 17.2 Å². The number of hydrogen-bond acceptors (Lipinski definition) is 3. The number of cyclic esters (lactones) is 1. The van der Waals surface area contributed by atoms with Crippen LogP contribution in [0.5, 0.6) is 0 Å². The van der Waals surface area contributed by atoms with Gasteiger partial charge in [0.2, 0.25) is 0 Å². The first kappa shape index (κ1) is 22.1. The molecule has 1 heterocycles. The van der Waals surface area contributed by atoms with Crippen LogP contribution in [0, 0.1) is 0 Å². The second-order valence-corrected chi connectivity index (χ2v) is 23.2. The van der Waals surface area contributed by atoms with Crippen molar-refractivity contribution in [3.63, 3.8) is 0 Å². The molecule has 4 heteroatoms. The summed E-state index contributed by atoms with van der Waals surface area (Å²) in [6.45, 7) is 7.63. The molecular formula is C22H36O2SSn. The van der Waals surface area contributed by atoms with Crippen LogP contribution in [0.15, 0.2) is 35.2 Å². The number of carbonyl (C=O) groups excluding carboxylic acids is 1. The Morgan fingerprint density at radius 2 is 1.50 bits per heavy atom. The van der Waals surface area contributed by atoms with Gasteiger partial charge < -0.3 is 0 Å². The summed E-state index contributed by atoms with van der Waals surface area (Å²) in [6, 6.07) is 10.4. The van der Waals surface area contributed by atoms with Crippen LogP contribution in [-0.4, -0.2) is 36.2 Å². The molecule has 0 spiro atoms. The molecule has 0 bridgehead atoms. The van der Waals surface area contributed by atoms with Crippen molar-refractivity contribution in [2.45, 2.75) is 86.7 Å². The Kier molecular flexibility index (Phi) is 9.90. The standard InChI is InChI=1S/C10H9O2S.3C4H9.Sn/c11-10-9(6-7-12-10)13-8-4-2-1-3-5-8;3*1-3-4-2;/h1-6,9H,7H2;3*1,3-4H2,2H3;/t9-;;;;/m1..../s1. The Balaban J connectivity index is 2.27. The minimum atomic E-state index is -2.47. The van der Waals surface area contributed by atoms with E-state index in [-0.39, 0.29) is 11.2 Å². The molecule has 2 atom stereocenters. The summed E-state index contributed by atoms with van der Waals surface area (Å²) in [4.78, 5) is 13.9. The van der Waals surface area contributed by atoms with Gasteiger partial charge in [-0.15, -0.1) is 0 Å². The average Bonchev–Trinajstić information content (AvgIpc) is 3.03. The van der Waals surface area contributed by atoms with Gasteiger partial charge in [0.1, 0.15) is 0 Å². The Labute approximate surface area is 168 Å². The molecule has 2 nitrogen and oxygen atoms in total. The van der Waals surface area contributed by atoms with E-state index < -0.39 is 18.4 Å². The van der Waals surface area contributed by atoms with Crippen LogP contribution in [0.25, 0.3) is 0 Å². The van der Waals surface area contributed by atoms with Crippen molar-refractivity contribution >= 4 is 36.1 Å². The number of thioether (sulfide) groups is 1. The normalized spacial score (nSPS) is 20.3. The zero-order valence-corrected chi connectivity index (χ0v) is 20.5. The molecule has 0 unspecified atom stereocenters. The monoisotopic (exact) mass is 484 g/mol. The van der Waals surface area contributed by atoms with Crippen LogP contribution < -0.4 is 0 Å². The number of unbranched alkanes of at least 4 members (excludes halogenated alkanes) is 3. The fraction of sp³-hybridized carbons (Fsp3) is 0.682. The van der Waals surface area contributed by atoms with Gasteiger partial charge >= 0.3 is 169 Å². The van der Waals surface area contributed by atoms with Gasteiger partial charge in [-0.05, 0) is 0 Å². The number of carbonyl (C=O) groups is 1. The van der Waals surface area contributed by atoms with E-state index in [2.05, 4.69) is 45.0 Å². The molecule has 1 aliphatic rings. The van der Waals surface area contributed by atoms with Gasteiger partial charge in [-0.25, -0.2) is 0 Å². The molecule has 0 N–H and O–H groups in total. The maximum atomic E-state index is 12.6. The van der Waals surface area contributed by atoms with Crippen LogP contribution in [0.4, 0.5) is 0 Å². The topological polar surface area (TPSA) is 26.3 Å². The van der Waals surface area contributed by atoms with Crippen molar-refractivity contribution in [3.8, 4) is 0 Å². The van der Waals surface area contributed by atoms with E-state index in [0.29, 0.717) is 10.5 Å². The molecule has 0 radical (unpaired) electrons. The van der Waals surface area contributed by atoms with Gasteiger partial charge in [0.25, 0.3) is 0 Å². The van der Waals surface area contributed by atoms with E-state index in [9.17, 15) is 4.79 Å². The van der Waals surface area contributed by atoms with Crippen molar-refractivity contribution < 1.29 is 9.53 Å². The number of esters is 1. The SMILES string of the molecule is CCC[CH2][Sn]([CH2]CCC)([CH2]CCC)[C@H]1COC(=O)[C@@H]1Sc1ccccc1. The number of ether oxygens (including phenoxy) is 1. The van der Waals surface area contributed by atoms with Gasteiger partial charge in [0.15, 0.2) is 0 Å². The zero-order chi connectivity index (χ0) is 18.8. The first-order valence-electron chi connectivity index (χ1n) is 10.5. The van der Waals surface area contributed by atoms with Crippen LogP contribution in [-0.2, 0) is 9.53 Å². The summed E-state index contributed by atoms with van der Waals surface area (Å²) in [5, 5.41) is 0.0405. The molecule has 146 valence electrons. The quantitative estimate of drug-likeness (QED) is 0.239. The van der Waals surface area contributed by atoms with Crippen LogP contribution in [0.3, 0.4) is 0 Å². The molecule has 26 heavy (non-hydrogen) atoms. The second-order valence-electron chi connectivity index (χ2n) is 7.76. The molecule has 0 saturated carbocycles. The molecule has 0 aromatic heterocycles. The zero-order valence-electron chi connectivity index (χ0n) is 16.8. The van der Waals surface area contributed by atoms with Gasteiger partial charge in [-0.3, -0.25) is 0 Å². The van der Waals surface area contributed by atoms with Crippen molar-refractivity contribution in [2.75, 3.05) is 6.61 Å². The molecular weight excluding hydrogens is 447 g/mol. The van der Waals surface area contributed by atoms with Gasteiger partial charge in [-0.1, -0.05) is 0 Å². The molecule has 2 rings (SSSR count). The summed E-state index contributed by atoms with van der Waals surface area (Å²) in [5.74, 6) is 0.0504. The summed E-state index contributed by atoms with van der Waals surface area (Å²) in [6.07, 6.45) is 7.85. The Hall–Kier alpha value is -0.161. The van der Waals surface area contributed by atoms with Crippen molar-refractivity contribution in [3.05, 3.63) is 30.3 Å². The van der Waals surface area contributed by atoms with Gasteiger partial charge in [0.05, 0.1) is 0 Å². The van der Waals surface area contributed by atoms with E-state index in [1.54, 1.807) is 11.8 Å². The first-order chi connectivity index (χ1) is 12.7. The number of rotatable bonds is 12. The summed E-state index contributed by atoms with van der Waals surface area (Å²) < 4.78 is 10.6. The average molecular weight is 483 g/mol. The summed E-state index contributed by atoms with van der Waals surface area (Å²) in [5.41, 5.74) is 0. The minimum absolute atomic E-state index is 0.0405. The third-order valence-electron chi connectivity index (χ3n) is 5.88. The van der Waals surface area contributed by atoms with E-state index in [1.807, 2.05) is 6.07 Å². The van der Waals surface area contributed by atoms with Crippen LogP contribution in [0.1, 0.15) is 59.3 Å². The van der Waals surface area contributed by atoms with E-state index in [4.69, 9.17) is 4.74 Å². The number of benzene rings is 1. The van der Waals surface area contributed by atoms with Gasteiger partial charge in [-0.2, -0.15) is 0 Å². The fourth-order valence-electron chi connectivity index (χ4n) is 4.30. The Bertz CT molecular complexity index is 512. The Morgan fingerprint density at radius 3 is 2.00 bits per heavy atom. The van der Waals surface area contributed by atoms with E-state index in [1.165, 1.54) is 56.7 Å². The Morgan fingerprint density at radius 1 is 0.962 bits per heavy atom. The maximum absolute atomic E-state index is 12.6. The molecule has 1 fully saturated rings. The molecule has 1 saturated heterocycles. The molecule has 0 amide bonds. The predicted octanol–water partition coefficient (Wildman–Crippen LogP) is 6.92. The van der Waals surface area contributed by atoms with Crippen molar-refractivity contribution in [1.82, 2.24) is 0 Å². The van der Waals surface area contributed by atoms with Gasteiger partial charge in [0, 0.05) is 0 Å². The third kappa shape index (κ3) is 5.92. The predicted molar refractivity (Wildman–Crippen MR) is 116 cm³/mol. The molecule has 0 aliphatic carbocycles.